The Balaban J connectivity index is 1.75. The lowest BCUT2D eigenvalue weighted by atomic mass is 10.0. The summed E-state index contributed by atoms with van der Waals surface area (Å²) in [5.41, 5.74) is 4.48. The van der Waals surface area contributed by atoms with Crippen LogP contribution >= 0.6 is 11.6 Å². The molecule has 0 atom stereocenters. The molecule has 3 aromatic rings. The minimum absolute atomic E-state index is 0.193. The molecule has 148 valence electrons. The zero-order chi connectivity index (χ0) is 20.8. The lowest BCUT2D eigenvalue weighted by Crippen LogP contribution is -2.15. The number of amides is 2. The maximum Gasteiger partial charge on any atom is 0.255 e. The van der Waals surface area contributed by atoms with Crippen LogP contribution in [0.5, 0.6) is 0 Å². The maximum atomic E-state index is 12.8. The normalized spacial score (nSPS) is 10.4. The summed E-state index contributed by atoms with van der Waals surface area (Å²) >= 11 is 6.32. The Hall–Kier alpha value is -3.11. The Morgan fingerprint density at radius 2 is 1.38 bits per heavy atom. The summed E-state index contributed by atoms with van der Waals surface area (Å²) in [5, 5.41) is 6.50. The van der Waals surface area contributed by atoms with E-state index in [0.29, 0.717) is 21.8 Å². The number of hydrogen-bond acceptors (Lipinski definition) is 2. The standard InChI is InChI=1S/C24H23ClN2O2/c1-3-16-12-15-21(25)20(4-2)22(16)27-24(29)18-10-13-19(14-11-18)26-23(28)17-8-6-5-7-9-17/h5-15H,3-4H2,1-2H3,(H,26,28)(H,27,29). The van der Waals surface area contributed by atoms with Gasteiger partial charge in [-0.2, -0.15) is 0 Å². The van der Waals surface area contributed by atoms with Crippen LogP contribution in [-0.4, -0.2) is 11.8 Å². The van der Waals surface area contributed by atoms with Crippen molar-refractivity contribution in [2.24, 2.45) is 0 Å². The van der Waals surface area contributed by atoms with Crippen LogP contribution in [0.15, 0.2) is 66.7 Å². The number of nitrogens with one attached hydrogen (secondary N) is 2. The van der Waals surface area contributed by atoms with Crippen LogP contribution in [0.25, 0.3) is 0 Å². The fourth-order valence-corrected chi connectivity index (χ4v) is 3.44. The largest absolute Gasteiger partial charge is 0.322 e. The predicted octanol–water partition coefficient (Wildman–Crippen LogP) is 5.97. The van der Waals surface area contributed by atoms with Crippen LogP contribution in [-0.2, 0) is 12.8 Å². The van der Waals surface area contributed by atoms with E-state index in [9.17, 15) is 9.59 Å². The Morgan fingerprint density at radius 1 is 0.759 bits per heavy atom. The van der Waals surface area contributed by atoms with Crippen molar-refractivity contribution in [3.63, 3.8) is 0 Å². The number of carbonyl (C=O) groups excluding carboxylic acids is 2. The zero-order valence-electron chi connectivity index (χ0n) is 16.5. The van der Waals surface area contributed by atoms with Gasteiger partial charge in [0.1, 0.15) is 0 Å². The van der Waals surface area contributed by atoms with E-state index >= 15 is 0 Å². The van der Waals surface area contributed by atoms with E-state index in [4.69, 9.17) is 11.6 Å². The smallest absolute Gasteiger partial charge is 0.255 e. The number of benzene rings is 3. The van der Waals surface area contributed by atoms with E-state index in [0.717, 1.165) is 29.7 Å². The monoisotopic (exact) mass is 406 g/mol. The molecule has 5 heteroatoms. The maximum absolute atomic E-state index is 12.8. The molecule has 3 rings (SSSR count). The molecule has 0 spiro atoms. The molecule has 2 amide bonds. The van der Waals surface area contributed by atoms with E-state index in [1.54, 1.807) is 36.4 Å². The Kier molecular flexibility index (Phi) is 6.68. The highest BCUT2D eigenvalue weighted by atomic mass is 35.5. The third kappa shape index (κ3) is 4.84. The molecule has 0 heterocycles. The van der Waals surface area contributed by atoms with Crippen molar-refractivity contribution < 1.29 is 9.59 Å². The second kappa shape index (κ2) is 9.39. The first-order valence-corrected chi connectivity index (χ1v) is 9.99. The van der Waals surface area contributed by atoms with E-state index < -0.39 is 0 Å². The number of anilines is 2. The van der Waals surface area contributed by atoms with Gasteiger partial charge in [-0.1, -0.05) is 49.7 Å². The SMILES string of the molecule is CCc1ccc(Cl)c(CC)c1NC(=O)c1ccc(NC(=O)c2ccccc2)cc1. The third-order valence-electron chi connectivity index (χ3n) is 4.76. The number of rotatable bonds is 6. The van der Waals surface area contributed by atoms with Crippen LogP contribution in [0.4, 0.5) is 11.4 Å². The summed E-state index contributed by atoms with van der Waals surface area (Å²) in [6, 6.07) is 19.6. The van der Waals surface area contributed by atoms with Gasteiger partial charge in [-0.3, -0.25) is 9.59 Å². The van der Waals surface area contributed by atoms with Gasteiger partial charge in [0.2, 0.25) is 0 Å². The van der Waals surface area contributed by atoms with Gasteiger partial charge >= 0.3 is 0 Å². The van der Waals surface area contributed by atoms with Crippen molar-refractivity contribution >= 4 is 34.8 Å². The van der Waals surface area contributed by atoms with E-state index in [2.05, 4.69) is 10.6 Å². The summed E-state index contributed by atoms with van der Waals surface area (Å²) in [6.45, 7) is 4.06. The molecular formula is C24H23ClN2O2. The van der Waals surface area contributed by atoms with Gasteiger partial charge in [0, 0.05) is 27.5 Å². The molecule has 0 aliphatic carbocycles. The van der Waals surface area contributed by atoms with Gasteiger partial charge in [-0.25, -0.2) is 0 Å². The van der Waals surface area contributed by atoms with Gasteiger partial charge < -0.3 is 10.6 Å². The minimum Gasteiger partial charge on any atom is -0.322 e. The first-order chi connectivity index (χ1) is 14.0. The summed E-state index contributed by atoms with van der Waals surface area (Å²) in [6.07, 6.45) is 1.52. The molecule has 0 saturated heterocycles. The summed E-state index contributed by atoms with van der Waals surface area (Å²) in [5.74, 6) is -0.403. The van der Waals surface area contributed by atoms with Crippen LogP contribution in [0.2, 0.25) is 5.02 Å². The fraction of sp³-hybridized carbons (Fsp3) is 0.167. The first kappa shape index (κ1) is 20.6. The molecule has 0 fully saturated rings. The molecule has 3 aromatic carbocycles. The van der Waals surface area contributed by atoms with Crippen molar-refractivity contribution in [2.75, 3.05) is 10.6 Å². The first-order valence-electron chi connectivity index (χ1n) is 9.61. The number of aryl methyl sites for hydroxylation is 1. The lowest BCUT2D eigenvalue weighted by molar-refractivity contribution is 0.102. The Labute approximate surface area is 175 Å². The molecule has 0 aliphatic rings. The van der Waals surface area contributed by atoms with Crippen LogP contribution in [0.3, 0.4) is 0 Å². The van der Waals surface area contributed by atoms with Crippen molar-refractivity contribution in [2.45, 2.75) is 26.7 Å². The average Bonchev–Trinajstić information content (AvgIpc) is 2.75. The van der Waals surface area contributed by atoms with Crippen LogP contribution in [0, 0.1) is 0 Å². The highest BCUT2D eigenvalue weighted by molar-refractivity contribution is 6.32. The second-order valence-corrected chi connectivity index (χ2v) is 7.03. The third-order valence-corrected chi connectivity index (χ3v) is 5.11. The molecule has 4 nitrogen and oxygen atoms in total. The molecule has 2 N–H and O–H groups in total. The molecule has 0 aromatic heterocycles. The topological polar surface area (TPSA) is 58.2 Å². The fourth-order valence-electron chi connectivity index (χ4n) is 3.15. The van der Waals surface area contributed by atoms with Crippen molar-refractivity contribution in [1.82, 2.24) is 0 Å². The Bertz CT molecular complexity index is 1020. The van der Waals surface area contributed by atoms with Gasteiger partial charge in [0.25, 0.3) is 11.8 Å². The summed E-state index contributed by atoms with van der Waals surface area (Å²) in [4.78, 5) is 25.0. The quantitative estimate of drug-likeness (QED) is 0.529. The molecule has 0 unspecified atom stereocenters. The highest BCUT2D eigenvalue weighted by Crippen LogP contribution is 2.30. The van der Waals surface area contributed by atoms with Crippen LogP contribution < -0.4 is 10.6 Å². The average molecular weight is 407 g/mol. The second-order valence-electron chi connectivity index (χ2n) is 6.62. The molecular weight excluding hydrogens is 384 g/mol. The summed E-state index contributed by atoms with van der Waals surface area (Å²) in [7, 11) is 0. The van der Waals surface area contributed by atoms with Gasteiger partial charge in [0.05, 0.1) is 0 Å². The zero-order valence-corrected chi connectivity index (χ0v) is 17.2. The van der Waals surface area contributed by atoms with Crippen LogP contribution in [0.1, 0.15) is 45.7 Å². The molecule has 0 radical (unpaired) electrons. The Morgan fingerprint density at radius 3 is 2.00 bits per heavy atom. The van der Waals surface area contributed by atoms with Gasteiger partial charge in [0.15, 0.2) is 0 Å². The van der Waals surface area contributed by atoms with E-state index in [1.807, 2.05) is 44.2 Å². The molecule has 29 heavy (non-hydrogen) atoms. The summed E-state index contributed by atoms with van der Waals surface area (Å²) < 4.78 is 0. The van der Waals surface area contributed by atoms with Gasteiger partial charge in [-0.15, -0.1) is 0 Å². The van der Waals surface area contributed by atoms with Crippen molar-refractivity contribution in [1.29, 1.82) is 0 Å². The van der Waals surface area contributed by atoms with E-state index in [-0.39, 0.29) is 11.8 Å². The number of halogens is 1. The molecule has 0 saturated carbocycles. The highest BCUT2D eigenvalue weighted by Gasteiger charge is 2.14. The van der Waals surface area contributed by atoms with Crippen molar-refractivity contribution in [3.05, 3.63) is 94.0 Å². The van der Waals surface area contributed by atoms with Crippen molar-refractivity contribution in [3.8, 4) is 0 Å². The minimum atomic E-state index is -0.211. The number of hydrogen-bond donors (Lipinski definition) is 2. The molecule has 0 aliphatic heterocycles. The number of carbonyl (C=O) groups is 2. The molecule has 0 bridgehead atoms. The van der Waals surface area contributed by atoms with E-state index in [1.165, 1.54) is 0 Å². The predicted molar refractivity (Wildman–Crippen MR) is 119 cm³/mol. The van der Waals surface area contributed by atoms with Gasteiger partial charge in [-0.05, 0) is 66.4 Å². The lowest BCUT2D eigenvalue weighted by Gasteiger charge is -2.16.